The Balaban J connectivity index is 1.72. The first-order valence-corrected chi connectivity index (χ1v) is 8.34. The summed E-state index contributed by atoms with van der Waals surface area (Å²) in [5.74, 6) is 0.464. The van der Waals surface area contributed by atoms with Crippen molar-refractivity contribution in [1.82, 2.24) is 15.2 Å². The molecule has 0 aliphatic heterocycles. The van der Waals surface area contributed by atoms with Crippen molar-refractivity contribution in [2.45, 2.75) is 30.7 Å². The summed E-state index contributed by atoms with van der Waals surface area (Å²) in [5.41, 5.74) is 0.363. The Morgan fingerprint density at radius 3 is 2.56 bits per heavy atom. The summed E-state index contributed by atoms with van der Waals surface area (Å²) in [7, 11) is 3.78. The molecular weight excluding hydrogens is 318 g/mol. The number of ether oxygens (including phenoxy) is 1. The number of amides is 1. The Morgan fingerprint density at radius 2 is 1.92 bits per heavy atom. The molecule has 1 aliphatic carbocycles. The molecule has 2 N–H and O–H groups in total. The second-order valence-corrected chi connectivity index (χ2v) is 6.44. The van der Waals surface area contributed by atoms with E-state index in [2.05, 4.69) is 10.3 Å². The number of para-hydroxylation sites is 1. The molecule has 0 saturated heterocycles. The van der Waals surface area contributed by atoms with E-state index in [0.29, 0.717) is 17.9 Å². The molecule has 1 fully saturated rings. The molecule has 0 bridgehead atoms. The van der Waals surface area contributed by atoms with Gasteiger partial charge in [0.05, 0.1) is 12.1 Å². The van der Waals surface area contributed by atoms with Crippen LogP contribution in [0.5, 0.6) is 5.75 Å². The van der Waals surface area contributed by atoms with Crippen molar-refractivity contribution in [3.8, 4) is 5.75 Å². The topological polar surface area (TPSA) is 74.7 Å². The minimum Gasteiger partial charge on any atom is -0.488 e. The van der Waals surface area contributed by atoms with E-state index in [4.69, 9.17) is 4.74 Å². The minimum atomic E-state index is -0.704. The quantitative estimate of drug-likeness (QED) is 0.858. The van der Waals surface area contributed by atoms with Crippen molar-refractivity contribution in [3.05, 3.63) is 60.4 Å². The van der Waals surface area contributed by atoms with Crippen LogP contribution in [-0.4, -0.2) is 59.3 Å². The molecule has 0 unspecified atom stereocenters. The zero-order valence-corrected chi connectivity index (χ0v) is 14.4. The van der Waals surface area contributed by atoms with E-state index >= 15 is 0 Å². The Labute approximate surface area is 147 Å². The monoisotopic (exact) mass is 341 g/mol. The number of rotatable bonds is 5. The van der Waals surface area contributed by atoms with Crippen LogP contribution in [0.4, 0.5) is 0 Å². The summed E-state index contributed by atoms with van der Waals surface area (Å²) < 4.78 is 5.94. The third-order valence-corrected chi connectivity index (χ3v) is 4.47. The third kappa shape index (κ3) is 3.97. The minimum absolute atomic E-state index is 0.229. The number of hydrogen-bond donors (Lipinski definition) is 2. The van der Waals surface area contributed by atoms with Crippen LogP contribution in [0.1, 0.15) is 16.9 Å². The number of carbonyl (C=O) groups excluding carboxylic acids is 1. The largest absolute Gasteiger partial charge is 0.488 e. The smallest absolute Gasteiger partial charge is 0.270 e. The van der Waals surface area contributed by atoms with Crippen molar-refractivity contribution in [1.29, 1.82) is 0 Å². The first kappa shape index (κ1) is 17.4. The predicted molar refractivity (Wildman–Crippen MR) is 94.4 cm³/mol. The van der Waals surface area contributed by atoms with Gasteiger partial charge in [-0.2, -0.15) is 0 Å². The van der Waals surface area contributed by atoms with Crippen molar-refractivity contribution in [2.24, 2.45) is 0 Å². The molecule has 0 spiro atoms. The second kappa shape index (κ2) is 7.63. The zero-order valence-electron chi connectivity index (χ0n) is 14.4. The summed E-state index contributed by atoms with van der Waals surface area (Å²) >= 11 is 0. The van der Waals surface area contributed by atoms with Crippen molar-refractivity contribution >= 4 is 5.91 Å². The molecule has 4 atom stereocenters. The number of aliphatic hydroxyl groups is 1. The summed E-state index contributed by atoms with van der Waals surface area (Å²) in [4.78, 5) is 18.4. The van der Waals surface area contributed by atoms with Gasteiger partial charge in [0, 0.05) is 12.6 Å². The van der Waals surface area contributed by atoms with Gasteiger partial charge in [0.15, 0.2) is 0 Å². The van der Waals surface area contributed by atoms with Crippen LogP contribution in [0.15, 0.2) is 54.7 Å². The average molecular weight is 341 g/mol. The molecule has 1 saturated carbocycles. The van der Waals surface area contributed by atoms with E-state index in [0.717, 1.165) is 0 Å². The summed E-state index contributed by atoms with van der Waals surface area (Å²) in [6.07, 6.45) is 1.02. The first-order chi connectivity index (χ1) is 12.1. The van der Waals surface area contributed by atoms with Gasteiger partial charge in [-0.25, -0.2) is 0 Å². The average Bonchev–Trinajstić information content (AvgIpc) is 2.92. The molecular formula is C19H23N3O3. The Kier molecular flexibility index (Phi) is 5.31. The maximum atomic E-state index is 12.4. The molecule has 3 rings (SSSR count). The van der Waals surface area contributed by atoms with Gasteiger partial charge in [0.1, 0.15) is 23.7 Å². The van der Waals surface area contributed by atoms with Crippen LogP contribution in [-0.2, 0) is 0 Å². The van der Waals surface area contributed by atoms with Crippen LogP contribution in [0.3, 0.4) is 0 Å². The number of aliphatic hydroxyl groups excluding tert-OH is 1. The van der Waals surface area contributed by atoms with Gasteiger partial charge in [0.25, 0.3) is 5.91 Å². The molecule has 1 aromatic heterocycles. The molecule has 1 amide bonds. The first-order valence-electron chi connectivity index (χ1n) is 8.34. The van der Waals surface area contributed by atoms with Gasteiger partial charge in [0.2, 0.25) is 0 Å². The highest BCUT2D eigenvalue weighted by atomic mass is 16.5. The fourth-order valence-corrected chi connectivity index (χ4v) is 3.33. The molecule has 2 aromatic rings. The number of nitrogens with zero attached hydrogens (tertiary/aromatic N) is 2. The molecule has 1 aromatic carbocycles. The summed E-state index contributed by atoms with van der Waals surface area (Å²) in [6.45, 7) is 0. The highest BCUT2D eigenvalue weighted by molar-refractivity contribution is 5.92. The fourth-order valence-electron chi connectivity index (χ4n) is 3.33. The second-order valence-electron chi connectivity index (χ2n) is 6.44. The fraction of sp³-hybridized carbons (Fsp3) is 0.368. The van der Waals surface area contributed by atoms with Crippen molar-refractivity contribution in [2.75, 3.05) is 14.1 Å². The van der Waals surface area contributed by atoms with Crippen LogP contribution >= 0.6 is 0 Å². The van der Waals surface area contributed by atoms with Gasteiger partial charge in [-0.05, 0) is 38.4 Å². The molecule has 0 radical (unpaired) electrons. The zero-order chi connectivity index (χ0) is 17.8. The van der Waals surface area contributed by atoms with Crippen LogP contribution in [0.25, 0.3) is 0 Å². The lowest BCUT2D eigenvalue weighted by molar-refractivity contribution is 0.0210. The van der Waals surface area contributed by atoms with Gasteiger partial charge in [-0.1, -0.05) is 24.3 Å². The van der Waals surface area contributed by atoms with Gasteiger partial charge in [-0.3, -0.25) is 9.78 Å². The SMILES string of the molecule is CN(C)[C@@H]1[C@@H](O)[C@H](Oc2ccccc2)C[C@H]1NC(=O)c1ccccn1. The number of aromatic nitrogens is 1. The number of benzene rings is 1. The van der Waals surface area contributed by atoms with Gasteiger partial charge < -0.3 is 20.1 Å². The van der Waals surface area contributed by atoms with E-state index < -0.39 is 6.10 Å². The lowest BCUT2D eigenvalue weighted by atomic mass is 10.1. The van der Waals surface area contributed by atoms with Gasteiger partial charge >= 0.3 is 0 Å². The Morgan fingerprint density at radius 1 is 1.20 bits per heavy atom. The molecule has 6 nitrogen and oxygen atoms in total. The molecule has 1 aliphatic rings. The molecule has 1 heterocycles. The number of carbonyl (C=O) groups is 1. The van der Waals surface area contributed by atoms with E-state index in [1.807, 2.05) is 49.3 Å². The molecule has 6 heteroatoms. The Bertz CT molecular complexity index is 694. The van der Waals surface area contributed by atoms with E-state index in [9.17, 15) is 9.90 Å². The maximum absolute atomic E-state index is 12.4. The number of hydrogen-bond acceptors (Lipinski definition) is 5. The standard InChI is InChI=1S/C19H23N3O3/c1-22(2)17-15(21-19(24)14-10-6-7-11-20-14)12-16(18(17)23)25-13-8-4-3-5-9-13/h3-11,15-18,23H,12H2,1-2H3,(H,21,24)/t15-,16-,17+,18+/m1/s1. The summed E-state index contributed by atoms with van der Waals surface area (Å²) in [6, 6.07) is 14.2. The number of nitrogens with one attached hydrogen (secondary N) is 1. The van der Waals surface area contributed by atoms with Crippen molar-refractivity contribution in [3.63, 3.8) is 0 Å². The van der Waals surface area contributed by atoms with E-state index in [1.165, 1.54) is 0 Å². The van der Waals surface area contributed by atoms with Crippen LogP contribution < -0.4 is 10.1 Å². The normalized spacial score (nSPS) is 25.8. The van der Waals surface area contributed by atoms with Crippen molar-refractivity contribution < 1.29 is 14.6 Å². The van der Waals surface area contributed by atoms with Crippen LogP contribution in [0.2, 0.25) is 0 Å². The maximum Gasteiger partial charge on any atom is 0.270 e. The lowest BCUT2D eigenvalue weighted by Gasteiger charge is -2.29. The Hall–Kier alpha value is -2.44. The van der Waals surface area contributed by atoms with Gasteiger partial charge in [-0.15, -0.1) is 0 Å². The summed E-state index contributed by atoms with van der Waals surface area (Å²) in [5, 5.41) is 13.7. The molecule has 25 heavy (non-hydrogen) atoms. The number of likely N-dealkylation sites (N-methyl/N-ethyl adjacent to an activating group) is 1. The highest BCUT2D eigenvalue weighted by Gasteiger charge is 2.45. The third-order valence-electron chi connectivity index (χ3n) is 4.47. The van der Waals surface area contributed by atoms with E-state index in [1.54, 1.807) is 24.4 Å². The van der Waals surface area contributed by atoms with Crippen LogP contribution in [0, 0.1) is 0 Å². The van der Waals surface area contributed by atoms with E-state index in [-0.39, 0.29) is 24.1 Å². The highest BCUT2D eigenvalue weighted by Crippen LogP contribution is 2.28. The number of pyridine rings is 1. The predicted octanol–water partition coefficient (Wildman–Crippen LogP) is 1.32. The molecule has 132 valence electrons. The lowest BCUT2D eigenvalue weighted by Crippen LogP contribution is -2.50.